The third-order valence-electron chi connectivity index (χ3n) is 2.81. The zero-order valence-corrected chi connectivity index (χ0v) is 13.0. The molecule has 5 heteroatoms. The Hall–Kier alpha value is -2.14. The standard InChI is InChI=1S/C16H14BrNO3/c1-11(19)14-9-13(17)7-8-15(14)18-16(20)21-10-12-5-3-2-4-6-12/h2-9H,10H2,1H3,(H,18,20). The summed E-state index contributed by atoms with van der Waals surface area (Å²) in [7, 11) is 0. The lowest BCUT2D eigenvalue weighted by Gasteiger charge is -2.10. The number of hydrogen-bond donors (Lipinski definition) is 1. The van der Waals surface area contributed by atoms with Gasteiger partial charge in [-0.3, -0.25) is 10.1 Å². The Kier molecular flexibility index (Phi) is 5.11. The molecule has 0 aliphatic rings. The van der Waals surface area contributed by atoms with E-state index in [0.717, 1.165) is 10.0 Å². The topological polar surface area (TPSA) is 55.4 Å². The number of carbonyl (C=O) groups excluding carboxylic acids is 2. The van der Waals surface area contributed by atoms with Crippen molar-refractivity contribution in [1.29, 1.82) is 0 Å². The van der Waals surface area contributed by atoms with Crippen LogP contribution in [-0.2, 0) is 11.3 Å². The highest BCUT2D eigenvalue weighted by molar-refractivity contribution is 9.10. The fourth-order valence-corrected chi connectivity index (χ4v) is 2.15. The third-order valence-corrected chi connectivity index (χ3v) is 3.30. The number of halogens is 1. The minimum atomic E-state index is -0.594. The van der Waals surface area contributed by atoms with Gasteiger partial charge in [0.25, 0.3) is 0 Å². The van der Waals surface area contributed by atoms with Crippen LogP contribution in [0.2, 0.25) is 0 Å². The van der Waals surface area contributed by atoms with Crippen molar-refractivity contribution in [1.82, 2.24) is 0 Å². The first-order valence-corrected chi connectivity index (χ1v) is 7.14. The van der Waals surface area contributed by atoms with Crippen molar-refractivity contribution >= 4 is 33.5 Å². The number of ketones is 1. The van der Waals surface area contributed by atoms with Crippen molar-refractivity contribution in [2.45, 2.75) is 13.5 Å². The van der Waals surface area contributed by atoms with Crippen molar-refractivity contribution in [3.63, 3.8) is 0 Å². The van der Waals surface area contributed by atoms with E-state index in [1.54, 1.807) is 18.2 Å². The molecular formula is C16H14BrNO3. The van der Waals surface area contributed by atoms with Crippen molar-refractivity contribution in [2.24, 2.45) is 0 Å². The number of hydrogen-bond acceptors (Lipinski definition) is 3. The van der Waals surface area contributed by atoms with Crippen molar-refractivity contribution in [3.05, 3.63) is 64.1 Å². The van der Waals surface area contributed by atoms with Gasteiger partial charge >= 0.3 is 6.09 Å². The van der Waals surface area contributed by atoms with Gasteiger partial charge in [0.2, 0.25) is 0 Å². The number of ether oxygens (including phenoxy) is 1. The molecule has 2 rings (SSSR count). The van der Waals surface area contributed by atoms with Gasteiger partial charge in [0, 0.05) is 10.0 Å². The number of benzene rings is 2. The van der Waals surface area contributed by atoms with Gasteiger partial charge < -0.3 is 4.74 Å². The maximum absolute atomic E-state index is 11.8. The molecule has 0 heterocycles. The minimum absolute atomic E-state index is 0.130. The Balaban J connectivity index is 2.01. The normalized spacial score (nSPS) is 10.0. The fourth-order valence-electron chi connectivity index (χ4n) is 1.79. The zero-order valence-electron chi connectivity index (χ0n) is 11.4. The average molecular weight is 348 g/mol. The number of rotatable bonds is 4. The maximum Gasteiger partial charge on any atom is 0.411 e. The summed E-state index contributed by atoms with van der Waals surface area (Å²) in [5.41, 5.74) is 1.76. The molecule has 0 aliphatic carbocycles. The summed E-state index contributed by atoms with van der Waals surface area (Å²) < 4.78 is 5.90. The number of nitrogens with one attached hydrogen (secondary N) is 1. The molecule has 0 unspecified atom stereocenters. The van der Waals surface area contributed by atoms with Gasteiger partial charge in [-0.25, -0.2) is 4.79 Å². The van der Waals surface area contributed by atoms with E-state index in [2.05, 4.69) is 21.2 Å². The monoisotopic (exact) mass is 347 g/mol. The Morgan fingerprint density at radius 1 is 1.14 bits per heavy atom. The van der Waals surface area contributed by atoms with Crippen LogP contribution in [0.1, 0.15) is 22.8 Å². The van der Waals surface area contributed by atoms with Gasteiger partial charge in [0.1, 0.15) is 6.61 Å². The summed E-state index contributed by atoms with van der Waals surface area (Å²) in [6, 6.07) is 14.4. The van der Waals surface area contributed by atoms with Crippen molar-refractivity contribution in [2.75, 3.05) is 5.32 Å². The first-order chi connectivity index (χ1) is 10.1. The van der Waals surface area contributed by atoms with E-state index in [1.807, 2.05) is 30.3 Å². The molecular weight excluding hydrogens is 334 g/mol. The molecule has 0 radical (unpaired) electrons. The van der Waals surface area contributed by atoms with E-state index in [-0.39, 0.29) is 12.4 Å². The third kappa shape index (κ3) is 4.43. The number of anilines is 1. The van der Waals surface area contributed by atoms with Crippen LogP contribution in [0.3, 0.4) is 0 Å². The summed E-state index contributed by atoms with van der Waals surface area (Å²) in [6.07, 6.45) is -0.594. The predicted octanol–water partition coefficient (Wildman–Crippen LogP) is 4.40. The molecule has 0 atom stereocenters. The van der Waals surface area contributed by atoms with Gasteiger partial charge in [0.15, 0.2) is 5.78 Å². The molecule has 0 saturated heterocycles. The van der Waals surface area contributed by atoms with E-state index >= 15 is 0 Å². The summed E-state index contributed by atoms with van der Waals surface area (Å²) in [5, 5.41) is 2.59. The SMILES string of the molecule is CC(=O)c1cc(Br)ccc1NC(=O)OCc1ccccc1. The molecule has 2 aromatic rings. The highest BCUT2D eigenvalue weighted by Crippen LogP contribution is 2.21. The summed E-state index contributed by atoms with van der Waals surface area (Å²) >= 11 is 3.30. The lowest BCUT2D eigenvalue weighted by molar-refractivity contribution is 0.101. The Morgan fingerprint density at radius 3 is 2.52 bits per heavy atom. The summed E-state index contributed by atoms with van der Waals surface area (Å²) in [6.45, 7) is 1.63. The van der Waals surface area contributed by atoms with Gasteiger partial charge in [0.05, 0.1) is 5.69 Å². The molecule has 0 fully saturated rings. The van der Waals surface area contributed by atoms with E-state index in [1.165, 1.54) is 6.92 Å². The van der Waals surface area contributed by atoms with E-state index in [9.17, 15) is 9.59 Å². The van der Waals surface area contributed by atoms with Crippen LogP contribution in [0, 0.1) is 0 Å². The second-order valence-corrected chi connectivity index (χ2v) is 5.35. The lowest BCUT2D eigenvalue weighted by atomic mass is 10.1. The van der Waals surface area contributed by atoms with Crippen molar-refractivity contribution < 1.29 is 14.3 Å². The van der Waals surface area contributed by atoms with Gasteiger partial charge in [-0.2, -0.15) is 0 Å². The van der Waals surface area contributed by atoms with E-state index in [4.69, 9.17) is 4.74 Å². The highest BCUT2D eigenvalue weighted by atomic mass is 79.9. The number of amides is 1. The van der Waals surface area contributed by atoms with Crippen LogP contribution in [0.15, 0.2) is 53.0 Å². The molecule has 4 nitrogen and oxygen atoms in total. The molecule has 1 amide bonds. The second-order valence-electron chi connectivity index (χ2n) is 4.43. The van der Waals surface area contributed by atoms with Crippen LogP contribution >= 0.6 is 15.9 Å². The van der Waals surface area contributed by atoms with Crippen LogP contribution in [0.5, 0.6) is 0 Å². The van der Waals surface area contributed by atoms with Crippen LogP contribution in [0.25, 0.3) is 0 Å². The quantitative estimate of drug-likeness (QED) is 0.834. The highest BCUT2D eigenvalue weighted by Gasteiger charge is 2.11. The molecule has 21 heavy (non-hydrogen) atoms. The van der Waals surface area contributed by atoms with E-state index < -0.39 is 6.09 Å². The van der Waals surface area contributed by atoms with E-state index in [0.29, 0.717) is 11.3 Å². The molecule has 108 valence electrons. The second kappa shape index (κ2) is 7.04. The van der Waals surface area contributed by atoms with Crippen LogP contribution < -0.4 is 5.32 Å². The fraction of sp³-hybridized carbons (Fsp3) is 0.125. The molecule has 0 aromatic heterocycles. The molecule has 0 spiro atoms. The first-order valence-electron chi connectivity index (χ1n) is 6.34. The predicted molar refractivity (Wildman–Crippen MR) is 84.4 cm³/mol. The molecule has 0 aliphatic heterocycles. The first kappa shape index (κ1) is 15.3. The molecule has 1 N–H and O–H groups in total. The Morgan fingerprint density at radius 2 is 1.86 bits per heavy atom. The molecule has 2 aromatic carbocycles. The largest absolute Gasteiger partial charge is 0.444 e. The Bertz CT molecular complexity index is 656. The lowest BCUT2D eigenvalue weighted by Crippen LogP contribution is -2.15. The van der Waals surface area contributed by atoms with Crippen LogP contribution in [-0.4, -0.2) is 11.9 Å². The van der Waals surface area contributed by atoms with Crippen LogP contribution in [0.4, 0.5) is 10.5 Å². The summed E-state index contributed by atoms with van der Waals surface area (Å²) in [5.74, 6) is -0.130. The maximum atomic E-state index is 11.8. The molecule has 0 saturated carbocycles. The average Bonchev–Trinajstić information content (AvgIpc) is 2.48. The Labute approximate surface area is 131 Å². The van der Waals surface area contributed by atoms with Crippen molar-refractivity contribution in [3.8, 4) is 0 Å². The van der Waals surface area contributed by atoms with Gasteiger partial charge in [-0.1, -0.05) is 46.3 Å². The zero-order chi connectivity index (χ0) is 15.2. The molecule has 0 bridgehead atoms. The number of Topliss-reactive ketones (excluding diaryl/α,β-unsaturated/α-hetero) is 1. The van der Waals surface area contributed by atoms with Gasteiger partial charge in [-0.05, 0) is 30.7 Å². The summed E-state index contributed by atoms with van der Waals surface area (Å²) in [4.78, 5) is 23.4. The number of carbonyl (C=O) groups is 2. The minimum Gasteiger partial charge on any atom is -0.444 e. The smallest absolute Gasteiger partial charge is 0.411 e. The van der Waals surface area contributed by atoms with Gasteiger partial charge in [-0.15, -0.1) is 0 Å².